The molecule has 0 fully saturated rings. The predicted octanol–water partition coefficient (Wildman–Crippen LogP) is 10.4. The normalized spacial score (nSPS) is 11.5. The Labute approximate surface area is 334 Å². The lowest BCUT2D eigenvalue weighted by Gasteiger charge is -2.16. The van der Waals surface area contributed by atoms with E-state index in [1.807, 2.05) is 78.9 Å². The quantitative estimate of drug-likeness (QED) is 0.0849. The van der Waals surface area contributed by atoms with Crippen LogP contribution in [0, 0.1) is 0 Å². The summed E-state index contributed by atoms with van der Waals surface area (Å²) in [5.41, 5.74) is 6.70. The molecule has 57 heavy (non-hydrogen) atoms. The molecule has 0 unspecified atom stereocenters. The molecule has 0 saturated carbocycles. The Morgan fingerprint density at radius 2 is 0.807 bits per heavy atom. The third-order valence-corrected chi connectivity index (χ3v) is 9.95. The van der Waals surface area contributed by atoms with Crippen LogP contribution in [0.1, 0.15) is 33.4 Å². The first-order valence-electron chi connectivity index (χ1n) is 19.0. The first-order chi connectivity index (χ1) is 27.9. The van der Waals surface area contributed by atoms with Crippen LogP contribution in [0.2, 0.25) is 0 Å². The van der Waals surface area contributed by atoms with Gasteiger partial charge in [-0.3, -0.25) is 0 Å². The second-order valence-electron chi connectivity index (χ2n) is 13.7. The van der Waals surface area contributed by atoms with Crippen molar-refractivity contribution in [3.05, 3.63) is 149 Å². The average molecular weight is 769 g/mol. The molecule has 6 aromatic carbocycles. The van der Waals surface area contributed by atoms with Crippen molar-refractivity contribution in [2.45, 2.75) is 38.5 Å². The third kappa shape index (κ3) is 9.86. The fraction of sp³-hybridized carbons (Fsp3) is 0.250. The molecule has 1 heterocycles. The topological polar surface area (TPSA) is 83.1 Å². The maximum Gasteiger partial charge on any atom is 0.231 e. The molecular weight excluding hydrogens is 721 g/mol. The molecule has 1 aliphatic heterocycles. The molecule has 0 N–H and O–H groups in total. The monoisotopic (exact) mass is 768 g/mol. The summed E-state index contributed by atoms with van der Waals surface area (Å²) in [5, 5.41) is 0. The van der Waals surface area contributed by atoms with Gasteiger partial charge in [-0.2, -0.15) is 0 Å². The van der Waals surface area contributed by atoms with E-state index in [0.717, 1.165) is 59.4 Å². The zero-order valence-electron chi connectivity index (χ0n) is 33.1. The van der Waals surface area contributed by atoms with E-state index in [1.54, 1.807) is 35.5 Å². The molecule has 0 amide bonds. The van der Waals surface area contributed by atoms with Gasteiger partial charge in [-0.1, -0.05) is 36.4 Å². The highest BCUT2D eigenvalue weighted by molar-refractivity contribution is 5.56. The molecule has 1 aliphatic rings. The van der Waals surface area contributed by atoms with E-state index in [1.165, 1.54) is 11.1 Å². The van der Waals surface area contributed by atoms with Gasteiger partial charge in [-0.15, -0.1) is 0 Å². The van der Waals surface area contributed by atoms with E-state index in [4.69, 9.17) is 42.6 Å². The molecule has 0 atom stereocenters. The van der Waals surface area contributed by atoms with Crippen molar-refractivity contribution in [1.29, 1.82) is 0 Å². The lowest BCUT2D eigenvalue weighted by Crippen LogP contribution is -1.99. The van der Waals surface area contributed by atoms with Crippen molar-refractivity contribution >= 4 is 0 Å². The van der Waals surface area contributed by atoms with Crippen LogP contribution < -0.4 is 42.6 Å². The SMILES string of the molecule is COc1cccc(CCc2ccc(OC)c(Oc3cc(CCc4cc(OC)c5c(c4)OCO5)cc(Oc4cc(CCc5cccc(OC)c5)ccc4OC)c3)c2)c1. The maximum absolute atomic E-state index is 6.66. The van der Waals surface area contributed by atoms with Crippen molar-refractivity contribution in [3.8, 4) is 63.2 Å². The molecule has 0 bridgehead atoms. The summed E-state index contributed by atoms with van der Waals surface area (Å²) in [6.07, 6.45) is 4.72. The Hall–Kier alpha value is -6.48. The van der Waals surface area contributed by atoms with Gasteiger partial charge in [0.1, 0.15) is 23.0 Å². The third-order valence-electron chi connectivity index (χ3n) is 9.95. The molecule has 0 radical (unpaired) electrons. The maximum atomic E-state index is 6.66. The zero-order chi connectivity index (χ0) is 39.6. The van der Waals surface area contributed by atoms with Crippen molar-refractivity contribution in [2.24, 2.45) is 0 Å². The number of fused-ring (bicyclic) bond motifs is 1. The first kappa shape index (κ1) is 38.8. The van der Waals surface area contributed by atoms with E-state index >= 15 is 0 Å². The van der Waals surface area contributed by atoms with E-state index in [9.17, 15) is 0 Å². The second kappa shape index (κ2) is 18.4. The highest BCUT2D eigenvalue weighted by Gasteiger charge is 2.20. The van der Waals surface area contributed by atoms with Crippen LogP contribution in [-0.4, -0.2) is 42.3 Å². The van der Waals surface area contributed by atoms with E-state index < -0.39 is 0 Å². The van der Waals surface area contributed by atoms with Crippen LogP contribution >= 0.6 is 0 Å². The summed E-state index contributed by atoms with van der Waals surface area (Å²) in [6, 6.07) is 38.4. The molecule has 9 nitrogen and oxygen atoms in total. The Balaban J connectivity index is 1.16. The smallest absolute Gasteiger partial charge is 0.231 e. The predicted molar refractivity (Wildman–Crippen MR) is 220 cm³/mol. The standard InChI is InChI=1S/C48H48O9/c1-49-38-10-6-8-32(22-38)12-14-34-18-20-42(51-3)44(26-34)56-40-24-36(16-17-37-28-46(53-5)48-47(29-37)54-31-55-48)25-41(30-40)57-45-27-35(19-21-43(45)52-4)15-13-33-9-7-11-39(23-33)50-2/h6-11,18-30H,12-17,31H2,1-5H3. The largest absolute Gasteiger partial charge is 0.497 e. The summed E-state index contributed by atoms with van der Waals surface area (Å²) in [7, 11) is 8.30. The van der Waals surface area contributed by atoms with Crippen molar-refractivity contribution in [3.63, 3.8) is 0 Å². The number of hydrogen-bond donors (Lipinski definition) is 0. The summed E-state index contributed by atoms with van der Waals surface area (Å²) in [4.78, 5) is 0. The van der Waals surface area contributed by atoms with Gasteiger partial charge in [0.2, 0.25) is 12.5 Å². The van der Waals surface area contributed by atoms with Crippen molar-refractivity contribution in [1.82, 2.24) is 0 Å². The molecule has 9 heteroatoms. The van der Waals surface area contributed by atoms with Crippen LogP contribution in [0.3, 0.4) is 0 Å². The van der Waals surface area contributed by atoms with Gasteiger partial charge in [-0.25, -0.2) is 0 Å². The summed E-state index contributed by atoms with van der Waals surface area (Å²) in [6.45, 7) is 0.173. The molecule has 0 aliphatic carbocycles. The number of benzene rings is 6. The molecule has 6 aromatic rings. The van der Waals surface area contributed by atoms with E-state index in [0.29, 0.717) is 64.6 Å². The Morgan fingerprint density at radius 3 is 1.30 bits per heavy atom. The van der Waals surface area contributed by atoms with Crippen LogP contribution in [0.15, 0.2) is 115 Å². The van der Waals surface area contributed by atoms with Gasteiger partial charge in [0.15, 0.2) is 34.5 Å². The molecule has 0 spiro atoms. The highest BCUT2D eigenvalue weighted by Crippen LogP contribution is 2.43. The fourth-order valence-electron chi connectivity index (χ4n) is 6.91. The van der Waals surface area contributed by atoms with Crippen molar-refractivity contribution in [2.75, 3.05) is 42.3 Å². The second-order valence-corrected chi connectivity index (χ2v) is 13.7. The number of hydrogen-bond acceptors (Lipinski definition) is 9. The lowest BCUT2D eigenvalue weighted by molar-refractivity contribution is 0.171. The van der Waals surface area contributed by atoms with Crippen LogP contribution in [0.25, 0.3) is 0 Å². The van der Waals surface area contributed by atoms with E-state index in [-0.39, 0.29) is 6.79 Å². The average Bonchev–Trinajstić information content (AvgIpc) is 3.73. The Morgan fingerprint density at radius 1 is 0.368 bits per heavy atom. The van der Waals surface area contributed by atoms with Gasteiger partial charge in [0.25, 0.3) is 0 Å². The minimum absolute atomic E-state index is 0.173. The molecular formula is C48H48O9. The summed E-state index contributed by atoms with van der Waals surface area (Å²) in [5.74, 6) is 7.37. The van der Waals surface area contributed by atoms with Gasteiger partial charge in [0.05, 0.1) is 35.5 Å². The van der Waals surface area contributed by atoms with Gasteiger partial charge in [0, 0.05) is 6.07 Å². The molecule has 294 valence electrons. The van der Waals surface area contributed by atoms with Crippen LogP contribution in [0.4, 0.5) is 0 Å². The zero-order valence-corrected chi connectivity index (χ0v) is 33.1. The van der Waals surface area contributed by atoms with E-state index in [2.05, 4.69) is 36.4 Å². The van der Waals surface area contributed by atoms with Gasteiger partial charge >= 0.3 is 0 Å². The number of aryl methyl sites for hydroxylation is 6. The Bertz CT molecular complexity index is 2180. The number of methoxy groups -OCH3 is 5. The number of ether oxygens (including phenoxy) is 9. The minimum atomic E-state index is 0.173. The van der Waals surface area contributed by atoms with Crippen LogP contribution in [0.5, 0.6) is 63.2 Å². The highest BCUT2D eigenvalue weighted by atomic mass is 16.7. The lowest BCUT2D eigenvalue weighted by atomic mass is 10.0. The van der Waals surface area contributed by atoms with Gasteiger partial charge in [-0.05, 0) is 145 Å². The molecule has 0 aromatic heterocycles. The van der Waals surface area contributed by atoms with Crippen LogP contribution in [-0.2, 0) is 38.5 Å². The number of rotatable bonds is 18. The summed E-state index contributed by atoms with van der Waals surface area (Å²) >= 11 is 0. The molecule has 0 saturated heterocycles. The molecule has 7 rings (SSSR count). The van der Waals surface area contributed by atoms with Crippen molar-refractivity contribution < 1.29 is 42.6 Å². The summed E-state index contributed by atoms with van der Waals surface area (Å²) < 4.78 is 52.6. The van der Waals surface area contributed by atoms with Gasteiger partial charge < -0.3 is 42.6 Å². The fourth-order valence-corrected chi connectivity index (χ4v) is 6.91. The first-order valence-corrected chi connectivity index (χ1v) is 19.0. The minimum Gasteiger partial charge on any atom is -0.497 e. The Kier molecular flexibility index (Phi) is 12.5.